The number of anilines is 3. The van der Waals surface area contributed by atoms with E-state index in [0.29, 0.717) is 16.9 Å². The summed E-state index contributed by atoms with van der Waals surface area (Å²) in [6.07, 6.45) is 1.79. The van der Waals surface area contributed by atoms with Crippen molar-refractivity contribution < 1.29 is 29.4 Å². The van der Waals surface area contributed by atoms with Crippen LogP contribution in [0.1, 0.15) is 49.6 Å². The van der Waals surface area contributed by atoms with Gasteiger partial charge in [-0.1, -0.05) is 12.1 Å². The number of carbonyl (C=O) groups excluding carboxylic acids is 2. The Hall–Kier alpha value is -5.86. The molecule has 2 amide bonds. The van der Waals surface area contributed by atoms with Gasteiger partial charge in [-0.05, 0) is 49.2 Å². The number of hydrogen-bond acceptors (Lipinski definition) is 11. The fraction of sp³-hybridized carbons (Fsp3) is 0.185. The largest absolute Gasteiger partial charge is 0.480 e. The van der Waals surface area contributed by atoms with Gasteiger partial charge in [0.2, 0.25) is 5.95 Å². The van der Waals surface area contributed by atoms with E-state index < -0.39 is 29.8 Å². The van der Waals surface area contributed by atoms with Crippen LogP contribution in [0.4, 0.5) is 17.5 Å². The van der Waals surface area contributed by atoms with Crippen LogP contribution >= 0.6 is 0 Å². The first-order valence-electron chi connectivity index (χ1n) is 12.6. The van der Waals surface area contributed by atoms with Crippen molar-refractivity contribution in [3.63, 3.8) is 0 Å². The van der Waals surface area contributed by atoms with Gasteiger partial charge in [0, 0.05) is 17.8 Å². The van der Waals surface area contributed by atoms with E-state index in [1.807, 2.05) is 0 Å². The van der Waals surface area contributed by atoms with E-state index in [-0.39, 0.29) is 60.0 Å². The van der Waals surface area contributed by atoms with E-state index >= 15 is 0 Å². The molecule has 1 atom stereocenters. The summed E-state index contributed by atoms with van der Waals surface area (Å²) in [6, 6.07) is 11.0. The molecular formula is C27H27N9O6. The zero-order valence-corrected chi connectivity index (χ0v) is 22.1. The fourth-order valence-corrected chi connectivity index (χ4v) is 3.97. The van der Waals surface area contributed by atoms with Gasteiger partial charge in [-0.15, -0.1) is 0 Å². The van der Waals surface area contributed by atoms with Crippen molar-refractivity contribution in [3.05, 3.63) is 77.1 Å². The summed E-state index contributed by atoms with van der Waals surface area (Å²) in [5, 5.41) is 27.0. The molecule has 2 aromatic heterocycles. The normalized spacial score (nSPS) is 11.4. The number of rotatable bonds is 12. The second-order valence-corrected chi connectivity index (χ2v) is 9.04. The Morgan fingerprint density at radius 3 is 2.29 bits per heavy atom. The second-order valence-electron chi connectivity index (χ2n) is 9.04. The average molecular weight is 574 g/mol. The molecule has 0 spiro atoms. The summed E-state index contributed by atoms with van der Waals surface area (Å²) in [6.45, 7) is 0.375. The highest BCUT2D eigenvalue weighted by molar-refractivity contribution is 6.04. The Morgan fingerprint density at radius 1 is 0.881 bits per heavy atom. The number of nitrogens with two attached hydrogens (primary N) is 2. The van der Waals surface area contributed by atoms with Crippen LogP contribution in [0.3, 0.4) is 0 Å². The van der Waals surface area contributed by atoms with Gasteiger partial charge in [-0.3, -0.25) is 9.59 Å². The Balaban J connectivity index is 1.27. The molecule has 2 heterocycles. The highest BCUT2D eigenvalue weighted by Crippen LogP contribution is 2.16. The minimum absolute atomic E-state index is 0.00104. The van der Waals surface area contributed by atoms with Gasteiger partial charge in [0.05, 0.1) is 29.6 Å². The Kier molecular flexibility index (Phi) is 9.01. The van der Waals surface area contributed by atoms with Crippen molar-refractivity contribution in [2.45, 2.75) is 25.4 Å². The number of nitrogens with one attached hydrogen (secondary N) is 3. The first-order chi connectivity index (χ1) is 20.1. The van der Waals surface area contributed by atoms with Gasteiger partial charge >= 0.3 is 11.9 Å². The maximum absolute atomic E-state index is 12.7. The van der Waals surface area contributed by atoms with E-state index in [0.717, 1.165) is 0 Å². The van der Waals surface area contributed by atoms with E-state index in [4.69, 9.17) is 11.5 Å². The standard InChI is InChI=1S/C27H27N9O6/c28-21-20-22(36-27(29)35-21)32-13-16(33-20)12-31-15-9-7-14(8-10-15)23(37)34-19(26(41)42)6-3-11-30-24(38)17-4-1-2-5-18(17)25(39)40/h1-2,4-5,7-10,13,19,31H,3,6,11-12H2,(H,30,38)(H,34,37)(H,39,40)(H,41,42)(H4,28,29,32,35,36)/t19-/m1/s1. The average Bonchev–Trinajstić information content (AvgIpc) is 2.97. The highest BCUT2D eigenvalue weighted by Gasteiger charge is 2.21. The molecule has 216 valence electrons. The van der Waals surface area contributed by atoms with Gasteiger partial charge in [-0.25, -0.2) is 19.6 Å². The van der Waals surface area contributed by atoms with Crippen molar-refractivity contribution in [1.29, 1.82) is 0 Å². The topological polar surface area (TPSA) is 248 Å². The van der Waals surface area contributed by atoms with Crippen molar-refractivity contribution in [3.8, 4) is 0 Å². The third-order valence-electron chi connectivity index (χ3n) is 6.08. The summed E-state index contributed by atoms with van der Waals surface area (Å²) in [4.78, 5) is 64.5. The third-order valence-corrected chi connectivity index (χ3v) is 6.08. The van der Waals surface area contributed by atoms with Crippen molar-refractivity contribution >= 4 is 52.4 Å². The second kappa shape index (κ2) is 13.0. The van der Waals surface area contributed by atoms with Crippen LogP contribution in [0.2, 0.25) is 0 Å². The summed E-state index contributed by atoms with van der Waals surface area (Å²) < 4.78 is 0. The van der Waals surface area contributed by atoms with E-state index in [1.54, 1.807) is 18.2 Å². The van der Waals surface area contributed by atoms with Crippen LogP contribution in [0.5, 0.6) is 0 Å². The number of aromatic nitrogens is 4. The molecule has 4 rings (SSSR count). The first-order valence-corrected chi connectivity index (χ1v) is 12.6. The number of benzene rings is 2. The molecule has 0 radical (unpaired) electrons. The fourth-order valence-electron chi connectivity index (χ4n) is 3.97. The molecule has 42 heavy (non-hydrogen) atoms. The van der Waals surface area contributed by atoms with Crippen LogP contribution in [0.15, 0.2) is 54.7 Å². The predicted octanol–water partition coefficient (Wildman–Crippen LogP) is 1.29. The van der Waals surface area contributed by atoms with Crippen molar-refractivity contribution in [1.82, 2.24) is 30.6 Å². The smallest absolute Gasteiger partial charge is 0.336 e. The number of carbonyl (C=O) groups is 4. The minimum Gasteiger partial charge on any atom is -0.480 e. The summed E-state index contributed by atoms with van der Waals surface area (Å²) in [5.74, 6) is -3.51. The number of hydrogen-bond donors (Lipinski definition) is 7. The molecule has 9 N–H and O–H groups in total. The lowest BCUT2D eigenvalue weighted by atomic mass is 10.1. The van der Waals surface area contributed by atoms with E-state index in [2.05, 4.69) is 35.9 Å². The molecule has 0 aliphatic rings. The maximum Gasteiger partial charge on any atom is 0.336 e. The van der Waals surface area contributed by atoms with Crippen LogP contribution < -0.4 is 27.4 Å². The SMILES string of the molecule is Nc1nc(N)c2nc(CNc3ccc(C(=O)N[C@H](CCCNC(=O)c4ccccc4C(=O)O)C(=O)O)cc3)cnc2n1. The van der Waals surface area contributed by atoms with Crippen LogP contribution in [-0.2, 0) is 11.3 Å². The molecule has 0 saturated carbocycles. The number of fused-ring (bicyclic) bond motifs is 1. The molecule has 4 aromatic rings. The molecule has 0 aliphatic heterocycles. The number of nitrogen functional groups attached to an aromatic ring is 2. The number of nitrogens with zero attached hydrogens (tertiary/aromatic N) is 4. The van der Waals surface area contributed by atoms with Crippen LogP contribution in [0, 0.1) is 0 Å². The number of amides is 2. The maximum atomic E-state index is 12.7. The molecule has 0 fully saturated rings. The summed E-state index contributed by atoms with van der Waals surface area (Å²) >= 11 is 0. The Labute approximate surface area is 238 Å². The molecular weight excluding hydrogens is 546 g/mol. The minimum atomic E-state index is -1.23. The van der Waals surface area contributed by atoms with E-state index in [9.17, 15) is 29.4 Å². The summed E-state index contributed by atoms with van der Waals surface area (Å²) in [5.41, 5.74) is 13.4. The first kappa shape index (κ1) is 29.1. The number of carboxylic acid groups (broad SMARTS) is 2. The molecule has 15 heteroatoms. The predicted molar refractivity (Wildman–Crippen MR) is 152 cm³/mol. The van der Waals surface area contributed by atoms with Gasteiger partial charge < -0.3 is 37.6 Å². The van der Waals surface area contributed by atoms with Crippen LogP contribution in [0.25, 0.3) is 11.2 Å². The lowest BCUT2D eigenvalue weighted by Gasteiger charge is -2.15. The zero-order valence-electron chi connectivity index (χ0n) is 22.1. The molecule has 15 nitrogen and oxygen atoms in total. The van der Waals surface area contributed by atoms with Gasteiger partial charge in [0.25, 0.3) is 11.8 Å². The zero-order chi connectivity index (χ0) is 30.2. The number of aliphatic carboxylic acids is 1. The molecule has 0 aliphatic carbocycles. The lowest BCUT2D eigenvalue weighted by Crippen LogP contribution is -2.41. The molecule has 0 unspecified atom stereocenters. The van der Waals surface area contributed by atoms with Crippen LogP contribution in [-0.4, -0.2) is 66.5 Å². The number of aromatic carboxylic acids is 1. The quantitative estimate of drug-likeness (QED) is 0.118. The van der Waals surface area contributed by atoms with Gasteiger partial charge in [-0.2, -0.15) is 9.97 Å². The molecule has 2 aromatic carbocycles. The van der Waals surface area contributed by atoms with E-state index in [1.165, 1.54) is 36.5 Å². The monoisotopic (exact) mass is 573 g/mol. The Morgan fingerprint density at radius 2 is 1.60 bits per heavy atom. The van der Waals surface area contributed by atoms with Gasteiger partial charge in [0.15, 0.2) is 17.0 Å². The third kappa shape index (κ3) is 7.20. The molecule has 0 bridgehead atoms. The highest BCUT2D eigenvalue weighted by atomic mass is 16.4. The summed E-state index contributed by atoms with van der Waals surface area (Å²) in [7, 11) is 0. The number of carboxylic acids is 2. The van der Waals surface area contributed by atoms with Gasteiger partial charge in [0.1, 0.15) is 6.04 Å². The molecule has 0 saturated heterocycles. The lowest BCUT2D eigenvalue weighted by molar-refractivity contribution is -0.139. The van der Waals surface area contributed by atoms with Crippen molar-refractivity contribution in [2.24, 2.45) is 0 Å². The van der Waals surface area contributed by atoms with Crippen molar-refractivity contribution in [2.75, 3.05) is 23.3 Å². The Bertz CT molecular complexity index is 1650.